The van der Waals surface area contributed by atoms with Crippen LogP contribution in [-0.2, 0) is 4.79 Å². The number of methoxy groups -OCH3 is 2. The lowest BCUT2D eigenvalue weighted by Crippen LogP contribution is -2.39. The van der Waals surface area contributed by atoms with Crippen molar-refractivity contribution in [2.45, 2.75) is 31.8 Å². The summed E-state index contributed by atoms with van der Waals surface area (Å²) < 4.78 is 11.1. The first kappa shape index (κ1) is 17.8. The molecule has 0 bridgehead atoms. The number of para-hydroxylation sites is 1. The van der Waals surface area contributed by atoms with Crippen LogP contribution in [-0.4, -0.2) is 42.8 Å². The molecule has 1 aromatic carbocycles. The molecule has 134 valence electrons. The van der Waals surface area contributed by atoms with E-state index in [9.17, 15) is 9.90 Å². The van der Waals surface area contributed by atoms with Crippen LogP contribution in [0, 0.1) is 6.92 Å². The molecule has 25 heavy (non-hydrogen) atoms. The summed E-state index contributed by atoms with van der Waals surface area (Å²) in [6.45, 7) is 2.81. The molecule has 2 unspecified atom stereocenters. The van der Waals surface area contributed by atoms with Crippen LogP contribution in [0.25, 0.3) is 0 Å². The van der Waals surface area contributed by atoms with E-state index in [1.165, 1.54) is 4.88 Å². The number of nitrogens with zero attached hydrogens (tertiary/aromatic N) is 1. The maximum absolute atomic E-state index is 11.8. The van der Waals surface area contributed by atoms with Crippen molar-refractivity contribution < 1.29 is 19.4 Å². The Labute approximate surface area is 151 Å². The number of aryl methyl sites for hydroxylation is 1. The molecule has 0 saturated carbocycles. The number of carbonyl (C=O) groups is 1. The zero-order chi connectivity index (χ0) is 18.0. The molecule has 0 aliphatic carbocycles. The van der Waals surface area contributed by atoms with Crippen LogP contribution in [0.4, 0.5) is 0 Å². The zero-order valence-electron chi connectivity index (χ0n) is 14.7. The van der Waals surface area contributed by atoms with E-state index in [1.54, 1.807) is 25.6 Å². The molecule has 5 nitrogen and oxygen atoms in total. The van der Waals surface area contributed by atoms with E-state index in [0.717, 1.165) is 23.4 Å². The fraction of sp³-hybridized carbons (Fsp3) is 0.421. The highest BCUT2D eigenvalue weighted by molar-refractivity contribution is 7.12. The lowest BCUT2D eigenvalue weighted by molar-refractivity contribution is -0.142. The van der Waals surface area contributed by atoms with Crippen LogP contribution in [0.3, 0.4) is 0 Å². The number of likely N-dealkylation sites (tertiary alicyclic amines) is 1. The molecule has 2 aromatic rings. The number of carboxylic acids is 1. The van der Waals surface area contributed by atoms with Crippen molar-refractivity contribution in [1.82, 2.24) is 4.90 Å². The second kappa shape index (κ2) is 7.45. The van der Waals surface area contributed by atoms with Gasteiger partial charge in [-0.3, -0.25) is 9.69 Å². The lowest BCUT2D eigenvalue weighted by atomic mass is 10.0. The van der Waals surface area contributed by atoms with Gasteiger partial charge in [0.1, 0.15) is 6.04 Å². The largest absolute Gasteiger partial charge is 0.493 e. The van der Waals surface area contributed by atoms with Gasteiger partial charge in [-0.25, -0.2) is 0 Å². The Kier molecular flexibility index (Phi) is 5.30. The Morgan fingerprint density at radius 3 is 2.68 bits per heavy atom. The van der Waals surface area contributed by atoms with Crippen LogP contribution in [0.1, 0.15) is 34.2 Å². The molecule has 6 heteroatoms. The minimum absolute atomic E-state index is 0.160. The van der Waals surface area contributed by atoms with Crippen molar-refractivity contribution in [1.29, 1.82) is 0 Å². The van der Waals surface area contributed by atoms with E-state index in [-0.39, 0.29) is 6.04 Å². The van der Waals surface area contributed by atoms with Crippen molar-refractivity contribution in [3.05, 3.63) is 45.6 Å². The number of hydrogen-bond acceptors (Lipinski definition) is 5. The van der Waals surface area contributed by atoms with Crippen LogP contribution < -0.4 is 9.47 Å². The van der Waals surface area contributed by atoms with E-state index in [2.05, 4.69) is 24.0 Å². The summed E-state index contributed by atoms with van der Waals surface area (Å²) in [6, 6.07) is 9.30. The van der Waals surface area contributed by atoms with Crippen molar-refractivity contribution in [2.24, 2.45) is 0 Å². The Balaban J connectivity index is 2.14. The number of thiophene rings is 1. The smallest absolute Gasteiger partial charge is 0.320 e. The predicted octanol–water partition coefficient (Wildman–Crippen LogP) is 3.71. The third-order valence-corrected chi connectivity index (χ3v) is 5.72. The van der Waals surface area contributed by atoms with Gasteiger partial charge in [-0.1, -0.05) is 12.1 Å². The summed E-state index contributed by atoms with van der Waals surface area (Å²) in [5.41, 5.74) is 0.942. The summed E-state index contributed by atoms with van der Waals surface area (Å²) >= 11 is 1.69. The summed E-state index contributed by atoms with van der Waals surface area (Å²) in [5.74, 6) is 0.555. The lowest BCUT2D eigenvalue weighted by Gasteiger charge is -2.32. The van der Waals surface area contributed by atoms with E-state index < -0.39 is 12.0 Å². The van der Waals surface area contributed by atoms with Gasteiger partial charge in [0.05, 0.1) is 20.3 Å². The first-order valence-corrected chi connectivity index (χ1v) is 9.14. The Morgan fingerprint density at radius 1 is 1.28 bits per heavy atom. The SMILES string of the molecule is COc1cccc(C(c2ccc(C)s2)N2CCCC2C(=O)O)c1OC. The number of benzene rings is 1. The minimum atomic E-state index is -0.766. The van der Waals surface area contributed by atoms with Crippen molar-refractivity contribution in [2.75, 3.05) is 20.8 Å². The molecule has 0 radical (unpaired) electrons. The Hall–Kier alpha value is -2.05. The van der Waals surface area contributed by atoms with E-state index >= 15 is 0 Å². The molecule has 1 aliphatic heterocycles. The second-order valence-electron chi connectivity index (χ2n) is 6.17. The van der Waals surface area contributed by atoms with E-state index in [0.29, 0.717) is 17.9 Å². The third-order valence-electron chi connectivity index (χ3n) is 4.67. The highest BCUT2D eigenvalue weighted by atomic mass is 32.1. The topological polar surface area (TPSA) is 59.0 Å². The van der Waals surface area contributed by atoms with E-state index in [1.807, 2.05) is 18.2 Å². The Morgan fingerprint density at radius 2 is 2.08 bits per heavy atom. The minimum Gasteiger partial charge on any atom is -0.493 e. The van der Waals surface area contributed by atoms with Gasteiger partial charge in [-0.05, 0) is 38.0 Å². The highest BCUT2D eigenvalue weighted by Gasteiger charge is 2.38. The molecule has 2 heterocycles. The normalized spacial score (nSPS) is 18.9. The molecule has 0 spiro atoms. The second-order valence-corrected chi connectivity index (χ2v) is 7.49. The number of ether oxygens (including phenoxy) is 2. The zero-order valence-corrected chi connectivity index (χ0v) is 15.5. The van der Waals surface area contributed by atoms with Crippen molar-refractivity contribution >= 4 is 17.3 Å². The molecule has 1 aromatic heterocycles. The summed E-state index contributed by atoms with van der Waals surface area (Å²) in [5, 5.41) is 9.66. The maximum atomic E-state index is 11.8. The van der Waals surface area contributed by atoms with Gasteiger partial charge < -0.3 is 14.6 Å². The monoisotopic (exact) mass is 361 g/mol. The van der Waals surface area contributed by atoms with Crippen LogP contribution in [0.15, 0.2) is 30.3 Å². The molecule has 1 fully saturated rings. The molecule has 1 saturated heterocycles. The van der Waals surface area contributed by atoms with Gasteiger partial charge in [-0.15, -0.1) is 11.3 Å². The van der Waals surface area contributed by atoms with Crippen LogP contribution in [0.5, 0.6) is 11.5 Å². The summed E-state index contributed by atoms with van der Waals surface area (Å²) in [7, 11) is 3.23. The molecule has 1 N–H and O–H groups in total. The molecule has 2 atom stereocenters. The molecule has 3 rings (SSSR count). The molecular weight excluding hydrogens is 338 g/mol. The van der Waals surface area contributed by atoms with Crippen molar-refractivity contribution in [3.8, 4) is 11.5 Å². The maximum Gasteiger partial charge on any atom is 0.320 e. The number of aliphatic carboxylic acids is 1. The van der Waals surface area contributed by atoms with E-state index in [4.69, 9.17) is 9.47 Å². The average molecular weight is 361 g/mol. The van der Waals surface area contributed by atoms with Crippen LogP contribution in [0.2, 0.25) is 0 Å². The van der Waals surface area contributed by atoms with Gasteiger partial charge >= 0.3 is 5.97 Å². The average Bonchev–Trinajstić information content (AvgIpc) is 3.24. The van der Waals surface area contributed by atoms with Gasteiger partial charge in [-0.2, -0.15) is 0 Å². The molecule has 1 aliphatic rings. The fourth-order valence-electron chi connectivity index (χ4n) is 3.59. The summed E-state index contributed by atoms with van der Waals surface area (Å²) in [4.78, 5) is 16.2. The molecular formula is C19H23NO4S. The summed E-state index contributed by atoms with van der Waals surface area (Å²) in [6.07, 6.45) is 1.55. The highest BCUT2D eigenvalue weighted by Crippen LogP contribution is 2.44. The third kappa shape index (κ3) is 3.37. The van der Waals surface area contributed by atoms with Gasteiger partial charge in [0.25, 0.3) is 0 Å². The number of carboxylic acid groups (broad SMARTS) is 1. The Bertz CT molecular complexity index is 758. The van der Waals surface area contributed by atoms with Gasteiger partial charge in [0, 0.05) is 21.9 Å². The number of hydrogen-bond donors (Lipinski definition) is 1. The van der Waals surface area contributed by atoms with Gasteiger partial charge in [0.2, 0.25) is 0 Å². The fourth-order valence-corrected chi connectivity index (χ4v) is 4.60. The predicted molar refractivity (Wildman–Crippen MR) is 97.8 cm³/mol. The van der Waals surface area contributed by atoms with Crippen LogP contribution >= 0.6 is 11.3 Å². The first-order chi connectivity index (χ1) is 12.1. The van der Waals surface area contributed by atoms with Crippen molar-refractivity contribution in [3.63, 3.8) is 0 Å². The molecule has 0 amide bonds. The standard InChI is InChI=1S/C19H23NO4S/c1-12-9-10-16(25-12)17(20-11-5-7-14(20)19(21)22)13-6-4-8-15(23-2)18(13)24-3/h4,6,8-10,14,17H,5,7,11H2,1-3H3,(H,21,22). The first-order valence-electron chi connectivity index (χ1n) is 8.32. The number of rotatable bonds is 6. The quantitative estimate of drug-likeness (QED) is 0.850. The van der Waals surface area contributed by atoms with Gasteiger partial charge in [0.15, 0.2) is 11.5 Å².